The Bertz CT molecular complexity index is 1710. The number of benzene rings is 4. The van der Waals surface area contributed by atoms with Gasteiger partial charge in [-0.1, -0.05) is 72.5 Å². The minimum absolute atomic E-state index is 0.0478. The third-order valence-electron chi connectivity index (χ3n) is 7.53. The molecule has 4 aromatic carbocycles. The first-order chi connectivity index (χ1) is 17.8. The van der Waals surface area contributed by atoms with Crippen molar-refractivity contribution in [3.05, 3.63) is 142 Å². The summed E-state index contributed by atoms with van der Waals surface area (Å²) in [5.74, 6) is 5.60. The average molecular weight is 459 g/mol. The van der Waals surface area contributed by atoms with E-state index in [0.717, 1.165) is 22.2 Å². The minimum atomic E-state index is 0.0478. The van der Waals surface area contributed by atoms with Crippen LogP contribution in [-0.4, -0.2) is 9.97 Å². The predicted octanol–water partition coefficient (Wildman–Crippen LogP) is 7.29. The molecule has 2 nitrogen and oxygen atoms in total. The van der Waals surface area contributed by atoms with Crippen LogP contribution in [-0.2, 0) is 0 Å². The van der Waals surface area contributed by atoms with Crippen LogP contribution in [0.25, 0.3) is 21.8 Å². The van der Waals surface area contributed by atoms with E-state index >= 15 is 0 Å². The van der Waals surface area contributed by atoms with Crippen molar-refractivity contribution in [1.29, 1.82) is 0 Å². The highest BCUT2D eigenvalue weighted by Gasteiger charge is 2.39. The summed E-state index contributed by atoms with van der Waals surface area (Å²) in [6.07, 6.45) is 11.3. The summed E-state index contributed by atoms with van der Waals surface area (Å²) in [4.78, 5) is 7.65. The molecule has 36 heavy (non-hydrogen) atoms. The second kappa shape index (κ2) is 7.81. The van der Waals surface area contributed by atoms with Crippen LogP contribution in [0.3, 0.4) is 0 Å². The van der Waals surface area contributed by atoms with E-state index in [1.165, 1.54) is 44.4 Å². The number of aromatic amines is 2. The molecule has 0 radical (unpaired) electrons. The van der Waals surface area contributed by atoms with Gasteiger partial charge in [0.05, 0.1) is 11.8 Å². The molecule has 2 heteroatoms. The van der Waals surface area contributed by atoms with E-state index in [1.807, 2.05) is 24.3 Å². The normalized spacial score (nSPS) is 16.3. The molecule has 2 aromatic heterocycles. The Hall–Kier alpha value is -4.92. The van der Waals surface area contributed by atoms with E-state index in [-0.39, 0.29) is 11.8 Å². The fourth-order valence-corrected chi connectivity index (χ4v) is 5.95. The van der Waals surface area contributed by atoms with Crippen LogP contribution < -0.4 is 0 Å². The maximum absolute atomic E-state index is 5.67. The molecule has 168 valence electrons. The van der Waals surface area contributed by atoms with Gasteiger partial charge in [-0.3, -0.25) is 0 Å². The highest BCUT2D eigenvalue weighted by atomic mass is 14.8. The fraction of sp³-hybridized carbons (Fsp3) is 0.0588. The molecule has 6 aromatic rings. The zero-order valence-corrected chi connectivity index (χ0v) is 19.5. The van der Waals surface area contributed by atoms with Crippen LogP contribution >= 0.6 is 0 Å². The molecule has 1 aliphatic carbocycles. The molecular formula is C34H22N2. The summed E-state index contributed by atoms with van der Waals surface area (Å²) in [6.45, 7) is 0. The van der Waals surface area contributed by atoms with Gasteiger partial charge in [0.2, 0.25) is 0 Å². The first kappa shape index (κ1) is 20.5. The van der Waals surface area contributed by atoms with Gasteiger partial charge in [-0.05, 0) is 58.7 Å². The predicted molar refractivity (Wildman–Crippen MR) is 147 cm³/mol. The van der Waals surface area contributed by atoms with Crippen molar-refractivity contribution in [2.24, 2.45) is 0 Å². The zero-order chi connectivity index (χ0) is 24.2. The maximum atomic E-state index is 5.67. The lowest BCUT2D eigenvalue weighted by Gasteiger charge is -2.31. The largest absolute Gasteiger partial charge is 0.357 e. The van der Waals surface area contributed by atoms with Crippen LogP contribution in [0.4, 0.5) is 0 Å². The highest BCUT2D eigenvalue weighted by Crippen LogP contribution is 2.52. The smallest absolute Gasteiger partial charge is 0.0518 e. The minimum Gasteiger partial charge on any atom is -0.357 e. The second-order valence-corrected chi connectivity index (χ2v) is 9.39. The van der Waals surface area contributed by atoms with Crippen LogP contribution in [0.15, 0.2) is 97.1 Å². The fourth-order valence-electron chi connectivity index (χ4n) is 5.95. The summed E-state index contributed by atoms with van der Waals surface area (Å²) in [6, 6.07) is 34.0. The van der Waals surface area contributed by atoms with E-state index in [9.17, 15) is 0 Å². The summed E-state index contributed by atoms with van der Waals surface area (Å²) >= 11 is 0. The lowest BCUT2D eigenvalue weighted by Crippen LogP contribution is -2.19. The number of rotatable bonds is 2. The summed E-state index contributed by atoms with van der Waals surface area (Å²) < 4.78 is 0. The molecule has 0 spiro atoms. The Balaban J connectivity index is 1.59. The number of terminal acetylenes is 2. The molecular weight excluding hydrogens is 436 g/mol. The van der Waals surface area contributed by atoms with E-state index in [4.69, 9.17) is 12.8 Å². The maximum Gasteiger partial charge on any atom is 0.0518 e. The Morgan fingerprint density at radius 3 is 1.28 bits per heavy atom. The number of fused-ring (bicyclic) bond motifs is 6. The number of aromatic nitrogens is 2. The second-order valence-electron chi connectivity index (χ2n) is 9.39. The van der Waals surface area contributed by atoms with Crippen LogP contribution in [0.2, 0.25) is 0 Å². The van der Waals surface area contributed by atoms with E-state index in [1.54, 1.807) is 0 Å². The Morgan fingerprint density at radius 1 is 0.500 bits per heavy atom. The van der Waals surface area contributed by atoms with Crippen molar-refractivity contribution < 1.29 is 0 Å². The molecule has 2 heterocycles. The zero-order valence-electron chi connectivity index (χ0n) is 19.5. The van der Waals surface area contributed by atoms with Crippen molar-refractivity contribution in [1.82, 2.24) is 9.97 Å². The number of nitrogens with one attached hydrogen (secondary N) is 2. The van der Waals surface area contributed by atoms with Gasteiger partial charge in [0.1, 0.15) is 0 Å². The number of H-pyrrole nitrogens is 2. The molecule has 0 saturated carbocycles. The number of para-hydroxylation sites is 2. The van der Waals surface area contributed by atoms with E-state index in [0.29, 0.717) is 0 Å². The molecule has 1 aliphatic rings. The van der Waals surface area contributed by atoms with E-state index < -0.39 is 0 Å². The third-order valence-corrected chi connectivity index (χ3v) is 7.53. The lowest BCUT2D eigenvalue weighted by atomic mass is 9.72. The van der Waals surface area contributed by atoms with Gasteiger partial charge in [-0.15, -0.1) is 12.8 Å². The molecule has 0 bridgehead atoms. The Labute approximate surface area is 210 Å². The average Bonchev–Trinajstić information content (AvgIpc) is 3.51. The lowest BCUT2D eigenvalue weighted by molar-refractivity contribution is 0.801. The van der Waals surface area contributed by atoms with Crippen molar-refractivity contribution in [3.63, 3.8) is 0 Å². The van der Waals surface area contributed by atoms with Gasteiger partial charge < -0.3 is 9.97 Å². The Kier molecular flexibility index (Phi) is 4.44. The molecule has 0 aliphatic heterocycles. The third kappa shape index (κ3) is 2.89. The van der Waals surface area contributed by atoms with Crippen molar-refractivity contribution in [3.8, 4) is 24.7 Å². The Morgan fingerprint density at radius 2 is 0.889 bits per heavy atom. The van der Waals surface area contributed by atoms with Crippen LogP contribution in [0.5, 0.6) is 0 Å². The van der Waals surface area contributed by atoms with Gasteiger partial charge in [-0.25, -0.2) is 0 Å². The summed E-state index contributed by atoms with van der Waals surface area (Å²) in [5, 5.41) is 2.49. The molecule has 2 N–H and O–H groups in total. The van der Waals surface area contributed by atoms with Gasteiger partial charge in [0.15, 0.2) is 0 Å². The highest BCUT2D eigenvalue weighted by molar-refractivity contribution is 5.93. The quantitative estimate of drug-likeness (QED) is 0.255. The van der Waals surface area contributed by atoms with E-state index in [2.05, 4.69) is 94.6 Å². The first-order valence-corrected chi connectivity index (χ1v) is 12.1. The number of hydrogen-bond donors (Lipinski definition) is 2. The standard InChI is InChI=1S/C34H22N2/c1-3-21-13-17-23(18-14-21)29-31-25-9-5-7-11-27(25)36-34(31)30(24-19-15-22(4-2)16-20-24)32-26-10-6-8-12-28(26)35-33(29)32/h1-2,5-20,29-30,35-36H. The first-order valence-electron chi connectivity index (χ1n) is 12.1. The molecule has 2 unspecified atom stereocenters. The van der Waals surface area contributed by atoms with Crippen molar-refractivity contribution in [2.45, 2.75) is 11.8 Å². The molecule has 7 rings (SSSR count). The van der Waals surface area contributed by atoms with Crippen LogP contribution in [0.1, 0.15) is 56.6 Å². The SMILES string of the molecule is C#Cc1ccc(C2c3[nH]c4ccccc4c3C(c3ccc(C#C)cc3)c3[nH]c4ccccc4c32)cc1. The molecule has 0 amide bonds. The number of hydrogen-bond acceptors (Lipinski definition) is 0. The topological polar surface area (TPSA) is 31.6 Å². The van der Waals surface area contributed by atoms with Gasteiger partial charge in [0, 0.05) is 44.3 Å². The molecule has 0 saturated heterocycles. The van der Waals surface area contributed by atoms with Crippen molar-refractivity contribution >= 4 is 21.8 Å². The summed E-state index contributed by atoms with van der Waals surface area (Å²) in [7, 11) is 0. The van der Waals surface area contributed by atoms with Crippen LogP contribution in [0, 0.1) is 24.7 Å². The molecule has 2 atom stereocenters. The van der Waals surface area contributed by atoms with Crippen molar-refractivity contribution in [2.75, 3.05) is 0 Å². The molecule has 0 fully saturated rings. The van der Waals surface area contributed by atoms with Gasteiger partial charge >= 0.3 is 0 Å². The monoisotopic (exact) mass is 458 g/mol. The van der Waals surface area contributed by atoms with Gasteiger partial charge in [0.25, 0.3) is 0 Å². The van der Waals surface area contributed by atoms with Gasteiger partial charge in [-0.2, -0.15) is 0 Å². The summed E-state index contributed by atoms with van der Waals surface area (Å²) in [5.41, 5.74) is 11.6.